The van der Waals surface area contributed by atoms with Gasteiger partial charge in [-0.25, -0.2) is 0 Å². The van der Waals surface area contributed by atoms with E-state index in [0.29, 0.717) is 0 Å². The molecule has 0 spiro atoms. The van der Waals surface area contributed by atoms with Crippen LogP contribution in [0.2, 0.25) is 0 Å². The quantitative estimate of drug-likeness (QED) is 0.273. The van der Waals surface area contributed by atoms with Gasteiger partial charge in [0.15, 0.2) is 11.6 Å². The Labute approximate surface area is 133 Å². The fourth-order valence-corrected chi connectivity index (χ4v) is 1.93. The van der Waals surface area contributed by atoms with Gasteiger partial charge in [-0.3, -0.25) is 25.0 Å². The van der Waals surface area contributed by atoms with Gasteiger partial charge in [-0.2, -0.15) is 0 Å². The number of aromatic nitrogens is 1. The zero-order chi connectivity index (χ0) is 18.0. The number of carbonyl (C=O) groups excluding carboxylic acids is 1. The number of hydrogen-bond acceptors (Lipinski definition) is 9. The van der Waals surface area contributed by atoms with Crippen LogP contribution < -0.4 is 16.1 Å². The molecule has 0 saturated heterocycles. The fourth-order valence-electron chi connectivity index (χ4n) is 1.93. The number of nitrogens with zero attached hydrogens (tertiary/aromatic N) is 1. The summed E-state index contributed by atoms with van der Waals surface area (Å²) in [6.07, 6.45) is 0. The minimum Gasteiger partial charge on any atom is -0.508 e. The van der Waals surface area contributed by atoms with Gasteiger partial charge in [0.05, 0.1) is 17.7 Å². The first kappa shape index (κ1) is 16.9. The van der Waals surface area contributed by atoms with Gasteiger partial charge in [0.1, 0.15) is 17.2 Å². The molecule has 2 rings (SSSR count). The second-order valence-electron chi connectivity index (χ2n) is 4.68. The number of benzene rings is 1. The molecule has 1 amide bonds. The minimum absolute atomic E-state index is 0.257. The summed E-state index contributed by atoms with van der Waals surface area (Å²) in [6.45, 7) is -0.466. The van der Waals surface area contributed by atoms with Crippen LogP contribution in [0.15, 0.2) is 23.0 Å². The molecule has 11 nitrogen and oxygen atoms in total. The largest absolute Gasteiger partial charge is 0.508 e. The summed E-state index contributed by atoms with van der Waals surface area (Å²) < 4.78 is 0. The second kappa shape index (κ2) is 6.36. The maximum atomic E-state index is 12.0. The summed E-state index contributed by atoms with van der Waals surface area (Å²) in [4.78, 5) is 25.6. The highest BCUT2D eigenvalue weighted by molar-refractivity contribution is 5.99. The summed E-state index contributed by atoms with van der Waals surface area (Å²) in [5.74, 6) is -3.47. The van der Waals surface area contributed by atoms with Gasteiger partial charge in [0.25, 0.3) is 11.5 Å². The first-order valence-corrected chi connectivity index (χ1v) is 6.37. The molecule has 0 bridgehead atoms. The van der Waals surface area contributed by atoms with Crippen molar-refractivity contribution in [2.24, 2.45) is 0 Å². The molecule has 0 radical (unpaired) electrons. The van der Waals surface area contributed by atoms with Gasteiger partial charge >= 0.3 is 0 Å². The predicted octanol–water partition coefficient (Wildman–Crippen LogP) is -0.288. The van der Waals surface area contributed by atoms with Gasteiger partial charge in [-0.15, -0.1) is 5.23 Å². The molecule has 8 N–H and O–H groups in total. The van der Waals surface area contributed by atoms with E-state index in [4.69, 9.17) is 15.5 Å². The SMILES string of the molecule is O=C(NCc1c(O)cc(O)[nH]c1=O)c1cc(O)cc(N(O)O)c1O. The number of aromatic hydroxyl groups is 4. The highest BCUT2D eigenvalue weighted by Crippen LogP contribution is 2.33. The van der Waals surface area contributed by atoms with Crippen molar-refractivity contribution >= 4 is 11.6 Å². The maximum Gasteiger partial charge on any atom is 0.259 e. The second-order valence-corrected chi connectivity index (χ2v) is 4.68. The Bertz CT molecular complexity index is 846. The number of aromatic amines is 1. The zero-order valence-electron chi connectivity index (χ0n) is 11.9. The molecule has 0 unspecified atom stereocenters. The van der Waals surface area contributed by atoms with Gasteiger partial charge in [0.2, 0.25) is 0 Å². The molecule has 0 aliphatic rings. The number of carbonyl (C=O) groups is 1. The van der Waals surface area contributed by atoms with E-state index >= 15 is 0 Å². The van der Waals surface area contributed by atoms with Crippen molar-refractivity contribution in [2.45, 2.75) is 6.54 Å². The Hall–Kier alpha value is -3.44. The van der Waals surface area contributed by atoms with Crippen molar-refractivity contribution in [3.63, 3.8) is 0 Å². The molecule has 2 aromatic rings. The number of rotatable bonds is 4. The lowest BCUT2D eigenvalue weighted by molar-refractivity contribution is 0.0278. The number of phenols is 2. The van der Waals surface area contributed by atoms with Crippen molar-refractivity contribution < 1.29 is 35.6 Å². The van der Waals surface area contributed by atoms with Gasteiger partial charge in [-0.05, 0) is 6.07 Å². The topological polar surface area (TPSA) is 187 Å². The number of pyridine rings is 1. The number of anilines is 1. The first-order valence-electron chi connectivity index (χ1n) is 6.37. The van der Waals surface area contributed by atoms with Gasteiger partial charge in [-0.1, -0.05) is 0 Å². The molecule has 0 fully saturated rings. The third kappa shape index (κ3) is 3.31. The molecular weight excluding hydrogens is 326 g/mol. The van der Waals surface area contributed by atoms with Crippen LogP contribution >= 0.6 is 0 Å². The van der Waals surface area contributed by atoms with Crippen molar-refractivity contribution in [3.05, 3.63) is 39.7 Å². The molecule has 24 heavy (non-hydrogen) atoms. The average Bonchev–Trinajstić information content (AvgIpc) is 2.47. The van der Waals surface area contributed by atoms with Crippen LogP contribution in [0.3, 0.4) is 0 Å². The molecule has 0 atom stereocenters. The minimum atomic E-state index is -0.974. The predicted molar refractivity (Wildman–Crippen MR) is 77.4 cm³/mol. The Kier molecular flexibility index (Phi) is 4.48. The summed E-state index contributed by atoms with van der Waals surface area (Å²) in [6, 6.07) is 2.52. The molecule has 1 heterocycles. The van der Waals surface area contributed by atoms with Crippen LogP contribution in [-0.4, -0.2) is 41.7 Å². The molecule has 0 aliphatic carbocycles. The van der Waals surface area contributed by atoms with Crippen molar-refractivity contribution in [2.75, 3.05) is 5.23 Å². The zero-order valence-corrected chi connectivity index (χ0v) is 11.9. The van der Waals surface area contributed by atoms with Crippen LogP contribution in [0.1, 0.15) is 15.9 Å². The number of amides is 1. The summed E-state index contributed by atoms with van der Waals surface area (Å²) in [5.41, 5.74) is -2.25. The Balaban J connectivity index is 2.27. The third-order valence-electron chi connectivity index (χ3n) is 3.06. The van der Waals surface area contributed by atoms with Crippen LogP contribution in [0.25, 0.3) is 0 Å². The van der Waals surface area contributed by atoms with Crippen molar-refractivity contribution in [3.8, 4) is 23.1 Å². The van der Waals surface area contributed by atoms with Gasteiger partial charge in [0, 0.05) is 12.1 Å². The summed E-state index contributed by atoms with van der Waals surface area (Å²) in [5, 5.41) is 57.5. The number of hydrogen-bond donors (Lipinski definition) is 8. The van der Waals surface area contributed by atoms with Crippen LogP contribution in [-0.2, 0) is 6.54 Å². The number of H-pyrrole nitrogens is 1. The summed E-state index contributed by atoms with van der Waals surface area (Å²) in [7, 11) is 0. The lowest BCUT2D eigenvalue weighted by atomic mass is 10.1. The molecule has 1 aromatic heterocycles. The lowest BCUT2D eigenvalue weighted by Gasteiger charge is -2.14. The molecule has 128 valence electrons. The van der Waals surface area contributed by atoms with E-state index in [1.54, 1.807) is 0 Å². The molecule has 11 heteroatoms. The van der Waals surface area contributed by atoms with E-state index in [2.05, 4.69) is 5.32 Å². The fraction of sp³-hybridized carbons (Fsp3) is 0.0769. The molecular formula is C13H13N3O8. The highest BCUT2D eigenvalue weighted by atomic mass is 16.8. The number of phenolic OH excluding ortho intramolecular Hbond substituents is 2. The monoisotopic (exact) mass is 339 g/mol. The van der Waals surface area contributed by atoms with Crippen molar-refractivity contribution in [1.82, 2.24) is 10.3 Å². The first-order chi connectivity index (χ1) is 11.2. The highest BCUT2D eigenvalue weighted by Gasteiger charge is 2.20. The summed E-state index contributed by atoms with van der Waals surface area (Å²) >= 11 is 0. The normalized spacial score (nSPS) is 10.4. The maximum absolute atomic E-state index is 12.0. The van der Waals surface area contributed by atoms with Crippen molar-refractivity contribution in [1.29, 1.82) is 0 Å². The molecule has 1 aromatic carbocycles. The number of nitrogens with one attached hydrogen (secondary N) is 2. The third-order valence-corrected chi connectivity index (χ3v) is 3.06. The molecule has 0 saturated carbocycles. The standard InChI is InChI=1S/C13H13N3O8/c17-5-1-6(11(20)8(2-5)16(23)24)12(21)14-4-7-9(18)3-10(19)15-13(7)22/h1-3,17,20,23-24H,4H2,(H,14,21)(H3,15,18,19,22). The van der Waals surface area contributed by atoms with E-state index < -0.39 is 57.6 Å². The lowest BCUT2D eigenvalue weighted by Crippen LogP contribution is -2.27. The Morgan fingerprint density at radius 2 is 1.79 bits per heavy atom. The van der Waals surface area contributed by atoms with Crippen LogP contribution in [0, 0.1) is 0 Å². The van der Waals surface area contributed by atoms with E-state index in [-0.39, 0.29) is 5.56 Å². The van der Waals surface area contributed by atoms with E-state index in [9.17, 15) is 24.9 Å². The van der Waals surface area contributed by atoms with E-state index in [1.807, 2.05) is 4.98 Å². The average molecular weight is 339 g/mol. The Morgan fingerprint density at radius 3 is 2.38 bits per heavy atom. The Morgan fingerprint density at radius 1 is 1.12 bits per heavy atom. The van der Waals surface area contributed by atoms with Gasteiger partial charge < -0.3 is 25.7 Å². The van der Waals surface area contributed by atoms with E-state index in [1.165, 1.54) is 0 Å². The smallest absolute Gasteiger partial charge is 0.259 e. The van der Waals surface area contributed by atoms with Crippen LogP contribution in [0.5, 0.6) is 23.1 Å². The van der Waals surface area contributed by atoms with E-state index in [0.717, 1.165) is 18.2 Å². The molecule has 0 aliphatic heterocycles. The van der Waals surface area contributed by atoms with Crippen LogP contribution in [0.4, 0.5) is 5.69 Å².